The minimum atomic E-state index is -3.56. The highest BCUT2D eigenvalue weighted by Crippen LogP contribution is 2.28. The number of thioether (sulfide) groups is 1. The molecule has 1 amide bonds. The number of carbonyl (C=O) groups excluding carboxylic acids is 1. The number of anilines is 1. The molecule has 0 spiro atoms. The van der Waals surface area contributed by atoms with Crippen LogP contribution in [0.5, 0.6) is 0 Å². The van der Waals surface area contributed by atoms with Gasteiger partial charge in [-0.1, -0.05) is 23.8 Å². The highest BCUT2D eigenvalue weighted by atomic mass is 32.2. The molecule has 0 radical (unpaired) electrons. The molecule has 7 heteroatoms. The van der Waals surface area contributed by atoms with Gasteiger partial charge in [0.15, 0.2) is 0 Å². The molecule has 2 rings (SSSR count). The van der Waals surface area contributed by atoms with E-state index < -0.39 is 10.0 Å². The first-order valence-electron chi connectivity index (χ1n) is 8.18. The molecule has 2 aromatic rings. The Morgan fingerprint density at radius 2 is 1.62 bits per heavy atom. The van der Waals surface area contributed by atoms with E-state index in [1.807, 2.05) is 13.8 Å². The zero-order valence-electron chi connectivity index (χ0n) is 15.6. The third-order valence-corrected chi connectivity index (χ3v) is 6.88. The molecule has 0 heterocycles. The van der Waals surface area contributed by atoms with E-state index in [1.54, 1.807) is 19.1 Å². The van der Waals surface area contributed by atoms with E-state index in [2.05, 4.69) is 29.1 Å². The van der Waals surface area contributed by atoms with Gasteiger partial charge in [0.05, 0.1) is 10.6 Å². The van der Waals surface area contributed by atoms with Crippen molar-refractivity contribution in [3.63, 3.8) is 0 Å². The normalized spacial score (nSPS) is 11.4. The second kappa shape index (κ2) is 8.24. The summed E-state index contributed by atoms with van der Waals surface area (Å²) in [5.74, 6) is 0.0817. The van der Waals surface area contributed by atoms with E-state index >= 15 is 0 Å². The Morgan fingerprint density at radius 1 is 1.00 bits per heavy atom. The van der Waals surface area contributed by atoms with Crippen molar-refractivity contribution in [1.29, 1.82) is 0 Å². The SMILES string of the molecule is CNS(=O)(=O)c1cc(NC(=O)CSc2c(C)cc(C)cc2C)ccc1C. The van der Waals surface area contributed by atoms with Crippen molar-refractivity contribution in [3.8, 4) is 0 Å². The Balaban J connectivity index is 2.11. The van der Waals surface area contributed by atoms with Gasteiger partial charge in [-0.3, -0.25) is 4.79 Å². The molecule has 0 aliphatic rings. The molecule has 0 saturated carbocycles. The Bertz CT molecular complexity index is 915. The second-order valence-electron chi connectivity index (χ2n) is 6.25. The number of amides is 1. The van der Waals surface area contributed by atoms with Gasteiger partial charge in [-0.2, -0.15) is 0 Å². The number of aryl methyl sites for hydroxylation is 4. The van der Waals surface area contributed by atoms with Gasteiger partial charge in [0, 0.05) is 10.6 Å². The minimum absolute atomic E-state index is 0.163. The predicted molar refractivity (Wildman–Crippen MR) is 107 cm³/mol. The summed E-state index contributed by atoms with van der Waals surface area (Å²) in [7, 11) is -2.20. The monoisotopic (exact) mass is 392 g/mol. The summed E-state index contributed by atoms with van der Waals surface area (Å²) in [4.78, 5) is 13.6. The van der Waals surface area contributed by atoms with Crippen LogP contribution in [0.3, 0.4) is 0 Å². The number of carbonyl (C=O) groups is 1. The zero-order valence-corrected chi connectivity index (χ0v) is 17.3. The highest BCUT2D eigenvalue weighted by Gasteiger charge is 2.16. The van der Waals surface area contributed by atoms with E-state index in [0.29, 0.717) is 11.3 Å². The molecule has 0 unspecified atom stereocenters. The Labute approximate surface area is 159 Å². The maximum atomic E-state index is 12.3. The molecule has 0 aromatic heterocycles. The first-order chi connectivity index (χ1) is 12.1. The summed E-state index contributed by atoms with van der Waals surface area (Å²) in [6.07, 6.45) is 0. The van der Waals surface area contributed by atoms with Crippen molar-refractivity contribution < 1.29 is 13.2 Å². The number of benzene rings is 2. The van der Waals surface area contributed by atoms with Crippen molar-refractivity contribution >= 4 is 33.4 Å². The van der Waals surface area contributed by atoms with Gasteiger partial charge in [0.25, 0.3) is 0 Å². The third kappa shape index (κ3) is 4.87. The molecule has 0 aliphatic carbocycles. The fourth-order valence-corrected chi connectivity index (χ4v) is 4.72. The molecule has 0 bridgehead atoms. The lowest BCUT2D eigenvalue weighted by molar-refractivity contribution is -0.113. The largest absolute Gasteiger partial charge is 0.325 e. The van der Waals surface area contributed by atoms with E-state index in [0.717, 1.165) is 16.0 Å². The van der Waals surface area contributed by atoms with Crippen molar-refractivity contribution in [2.45, 2.75) is 37.5 Å². The minimum Gasteiger partial charge on any atom is -0.325 e. The highest BCUT2D eigenvalue weighted by molar-refractivity contribution is 8.00. The van der Waals surface area contributed by atoms with Gasteiger partial charge in [0.1, 0.15) is 0 Å². The summed E-state index contributed by atoms with van der Waals surface area (Å²) in [6.45, 7) is 7.84. The molecule has 0 fully saturated rings. The van der Waals surface area contributed by atoms with Crippen molar-refractivity contribution in [1.82, 2.24) is 4.72 Å². The van der Waals surface area contributed by atoms with Crippen molar-refractivity contribution in [2.24, 2.45) is 0 Å². The van der Waals surface area contributed by atoms with Gasteiger partial charge in [-0.05, 0) is 63.6 Å². The molecule has 140 valence electrons. The van der Waals surface area contributed by atoms with E-state index in [4.69, 9.17) is 0 Å². The maximum absolute atomic E-state index is 12.3. The molecule has 0 aliphatic heterocycles. The summed E-state index contributed by atoms with van der Waals surface area (Å²) in [5, 5.41) is 2.77. The quantitative estimate of drug-likeness (QED) is 0.737. The van der Waals surface area contributed by atoms with Gasteiger partial charge in [-0.25, -0.2) is 13.1 Å². The summed E-state index contributed by atoms with van der Waals surface area (Å²) < 4.78 is 26.4. The molecule has 0 saturated heterocycles. The lowest BCUT2D eigenvalue weighted by Crippen LogP contribution is -2.20. The molecular formula is C19H24N2O3S2. The summed E-state index contributed by atoms with van der Waals surface area (Å²) >= 11 is 1.48. The van der Waals surface area contributed by atoms with Gasteiger partial charge in [-0.15, -0.1) is 11.8 Å². The first kappa shape index (κ1) is 20.5. The lowest BCUT2D eigenvalue weighted by atomic mass is 10.1. The Kier molecular flexibility index (Phi) is 6.49. The number of rotatable bonds is 6. The number of sulfonamides is 1. The second-order valence-corrected chi connectivity index (χ2v) is 9.09. The fraction of sp³-hybridized carbons (Fsp3) is 0.316. The summed E-state index contributed by atoms with van der Waals surface area (Å²) in [6, 6.07) is 9.06. The van der Waals surface area contributed by atoms with Gasteiger partial charge in [0.2, 0.25) is 15.9 Å². The Morgan fingerprint density at radius 3 is 2.19 bits per heavy atom. The van der Waals surface area contributed by atoms with E-state index in [-0.39, 0.29) is 16.6 Å². The molecule has 26 heavy (non-hydrogen) atoms. The van der Waals surface area contributed by atoms with Crippen LogP contribution in [0.2, 0.25) is 0 Å². The maximum Gasteiger partial charge on any atom is 0.240 e. The first-order valence-corrected chi connectivity index (χ1v) is 10.7. The van der Waals surface area contributed by atoms with Crippen LogP contribution in [0.25, 0.3) is 0 Å². The third-order valence-electron chi connectivity index (χ3n) is 3.98. The summed E-state index contributed by atoms with van der Waals surface area (Å²) in [5.41, 5.74) is 4.59. The average Bonchev–Trinajstić information content (AvgIpc) is 2.55. The van der Waals surface area contributed by atoms with Crippen LogP contribution in [0.1, 0.15) is 22.3 Å². The van der Waals surface area contributed by atoms with Crippen molar-refractivity contribution in [3.05, 3.63) is 52.6 Å². The average molecular weight is 393 g/mol. The van der Waals surface area contributed by atoms with E-state index in [1.165, 1.54) is 30.4 Å². The molecular weight excluding hydrogens is 368 g/mol. The molecule has 2 aromatic carbocycles. The Hall–Kier alpha value is -1.83. The topological polar surface area (TPSA) is 75.3 Å². The van der Waals surface area contributed by atoms with E-state index in [9.17, 15) is 13.2 Å². The zero-order chi connectivity index (χ0) is 19.5. The van der Waals surface area contributed by atoms with Gasteiger partial charge >= 0.3 is 0 Å². The van der Waals surface area contributed by atoms with Crippen LogP contribution < -0.4 is 10.0 Å². The van der Waals surface area contributed by atoms with Crippen LogP contribution in [0.15, 0.2) is 40.1 Å². The van der Waals surface area contributed by atoms with Crippen LogP contribution in [0.4, 0.5) is 5.69 Å². The molecule has 2 N–H and O–H groups in total. The van der Waals surface area contributed by atoms with Crippen LogP contribution in [-0.4, -0.2) is 27.1 Å². The standard InChI is InChI=1S/C19H24N2O3S2/c1-12-8-14(3)19(15(4)9-12)25-11-18(22)21-16-7-6-13(2)17(10-16)26(23,24)20-5/h6-10,20H,11H2,1-5H3,(H,21,22). The number of hydrogen-bond donors (Lipinski definition) is 2. The lowest BCUT2D eigenvalue weighted by Gasteiger charge is -2.12. The number of nitrogens with one attached hydrogen (secondary N) is 2. The fourth-order valence-electron chi connectivity index (χ4n) is 2.81. The smallest absolute Gasteiger partial charge is 0.240 e. The number of hydrogen-bond acceptors (Lipinski definition) is 4. The van der Waals surface area contributed by atoms with Crippen LogP contribution in [0, 0.1) is 27.7 Å². The van der Waals surface area contributed by atoms with Crippen molar-refractivity contribution in [2.75, 3.05) is 18.1 Å². The molecule has 5 nitrogen and oxygen atoms in total. The van der Waals surface area contributed by atoms with Gasteiger partial charge < -0.3 is 5.32 Å². The molecule has 0 atom stereocenters. The predicted octanol–water partition coefficient (Wildman–Crippen LogP) is 3.56. The van der Waals surface area contributed by atoms with Crippen LogP contribution in [-0.2, 0) is 14.8 Å². The van der Waals surface area contributed by atoms with Crippen LogP contribution >= 0.6 is 11.8 Å².